The lowest BCUT2D eigenvalue weighted by molar-refractivity contribution is 0.121. The molecule has 4 saturated carbocycles. The molecule has 18 nitrogen and oxygen atoms in total. The van der Waals surface area contributed by atoms with Gasteiger partial charge in [-0.05, 0) is 96.8 Å². The SMILES string of the molecule is CC(C)Oc1ccncc1N.COc1ccncc1N.Nc1cnccc1OC1CCC1.Nc1cnccc1OC1CCC1.Nc1cnccc1OC1CCCC1.Nc1cnccc1OCC1CC1. The molecule has 0 aliphatic heterocycles. The molecule has 0 aromatic carbocycles. The lowest BCUT2D eigenvalue weighted by Crippen LogP contribution is -2.24. The van der Waals surface area contributed by atoms with E-state index in [0.717, 1.165) is 74.0 Å². The molecule has 18 heteroatoms. The van der Waals surface area contributed by atoms with Crippen molar-refractivity contribution in [2.75, 3.05) is 48.1 Å². The van der Waals surface area contributed by atoms with Gasteiger partial charge in [-0.2, -0.15) is 0 Å². The zero-order valence-corrected chi connectivity index (χ0v) is 40.1. The van der Waals surface area contributed by atoms with Crippen molar-refractivity contribution < 1.29 is 28.4 Å². The highest BCUT2D eigenvalue weighted by Gasteiger charge is 2.23. The van der Waals surface area contributed by atoms with Crippen molar-refractivity contribution in [2.24, 2.45) is 5.92 Å². The summed E-state index contributed by atoms with van der Waals surface area (Å²) in [5.74, 6) is 5.22. The number of aromatic nitrogens is 6. The van der Waals surface area contributed by atoms with Gasteiger partial charge in [-0.1, -0.05) is 0 Å². The third-order valence-corrected chi connectivity index (χ3v) is 10.9. The Morgan fingerprint density at radius 2 is 0.725 bits per heavy atom. The zero-order valence-electron chi connectivity index (χ0n) is 40.1. The van der Waals surface area contributed by atoms with E-state index in [0.29, 0.717) is 63.9 Å². The summed E-state index contributed by atoms with van der Waals surface area (Å²) in [4.78, 5) is 23.2. The van der Waals surface area contributed by atoms with Crippen LogP contribution in [-0.2, 0) is 0 Å². The van der Waals surface area contributed by atoms with E-state index in [1.54, 1.807) is 99.7 Å². The number of pyridine rings is 6. The molecule has 0 saturated heterocycles. The van der Waals surface area contributed by atoms with E-state index in [2.05, 4.69) is 29.9 Å². The molecule has 6 aromatic rings. The summed E-state index contributed by atoms with van der Waals surface area (Å²) >= 11 is 0. The molecule has 6 aromatic heterocycles. The molecule has 12 N–H and O–H groups in total. The molecular weight excluding hydrogens is 877 g/mol. The molecule has 4 fully saturated rings. The summed E-state index contributed by atoms with van der Waals surface area (Å²) in [6.07, 6.45) is 35.6. The van der Waals surface area contributed by atoms with Gasteiger partial charge >= 0.3 is 0 Å². The van der Waals surface area contributed by atoms with Crippen LogP contribution in [-0.4, -0.2) is 68.0 Å². The Labute approximate surface area is 405 Å². The summed E-state index contributed by atoms with van der Waals surface area (Å²) in [6.45, 7) is 4.72. The van der Waals surface area contributed by atoms with Crippen LogP contribution in [0.5, 0.6) is 34.5 Å². The van der Waals surface area contributed by atoms with Crippen LogP contribution in [0.4, 0.5) is 34.1 Å². The van der Waals surface area contributed by atoms with E-state index in [9.17, 15) is 0 Å². The van der Waals surface area contributed by atoms with Crippen LogP contribution in [0.15, 0.2) is 111 Å². The molecule has 0 radical (unpaired) electrons. The molecule has 0 amide bonds. The van der Waals surface area contributed by atoms with Gasteiger partial charge in [0.2, 0.25) is 0 Å². The van der Waals surface area contributed by atoms with Crippen LogP contribution in [0.1, 0.15) is 90.9 Å². The summed E-state index contributed by atoms with van der Waals surface area (Å²) in [6, 6.07) is 10.7. The van der Waals surface area contributed by atoms with Crippen LogP contribution in [0, 0.1) is 5.92 Å². The fraction of sp³-hybridized carbons (Fsp3) is 0.412. The molecule has 4 aliphatic carbocycles. The fourth-order valence-electron chi connectivity index (χ4n) is 6.38. The molecule has 10 rings (SSSR count). The van der Waals surface area contributed by atoms with Crippen molar-refractivity contribution in [3.63, 3.8) is 0 Å². The van der Waals surface area contributed by atoms with E-state index in [-0.39, 0.29) is 6.10 Å². The van der Waals surface area contributed by atoms with Crippen molar-refractivity contribution in [3.05, 3.63) is 111 Å². The number of nitrogen functional groups attached to an aromatic ring is 6. The number of hydrogen-bond donors (Lipinski definition) is 6. The van der Waals surface area contributed by atoms with Crippen molar-refractivity contribution in [1.29, 1.82) is 0 Å². The lowest BCUT2D eigenvalue weighted by Gasteiger charge is -2.26. The monoisotopic (exact) mass is 947 g/mol. The lowest BCUT2D eigenvalue weighted by atomic mass is 9.96. The number of nitrogens with zero attached hydrogens (tertiary/aromatic N) is 6. The van der Waals surface area contributed by atoms with Crippen LogP contribution in [0.2, 0.25) is 0 Å². The third kappa shape index (κ3) is 19.3. The number of anilines is 6. The first-order valence-corrected chi connectivity index (χ1v) is 23.5. The van der Waals surface area contributed by atoms with Gasteiger partial charge in [-0.3, -0.25) is 29.9 Å². The minimum absolute atomic E-state index is 0.152. The normalized spacial score (nSPS) is 14.8. The predicted molar refractivity (Wildman–Crippen MR) is 272 cm³/mol. The molecule has 0 spiro atoms. The molecule has 0 bridgehead atoms. The first-order chi connectivity index (χ1) is 33.5. The summed E-state index contributed by atoms with van der Waals surface area (Å²) in [7, 11) is 1.58. The number of methoxy groups -OCH3 is 1. The average molecular weight is 947 g/mol. The maximum Gasteiger partial charge on any atom is 0.145 e. The topological polar surface area (TPSA) is 289 Å². The first kappa shape index (κ1) is 52.5. The molecule has 0 unspecified atom stereocenters. The van der Waals surface area contributed by atoms with Gasteiger partial charge in [-0.15, -0.1) is 0 Å². The Kier molecular flexibility index (Phi) is 21.8. The Balaban J connectivity index is 0.000000155. The number of nitrogens with two attached hydrogens (primary N) is 6. The highest BCUT2D eigenvalue weighted by atomic mass is 16.5. The summed E-state index contributed by atoms with van der Waals surface area (Å²) < 4.78 is 32.7. The number of rotatable bonds is 12. The van der Waals surface area contributed by atoms with E-state index >= 15 is 0 Å². The minimum atomic E-state index is 0.152. The van der Waals surface area contributed by atoms with Crippen LogP contribution in [0.25, 0.3) is 0 Å². The van der Waals surface area contributed by atoms with Gasteiger partial charge in [-0.25, -0.2) is 0 Å². The number of hydrogen-bond acceptors (Lipinski definition) is 18. The molecule has 4 aliphatic rings. The van der Waals surface area contributed by atoms with E-state index < -0.39 is 0 Å². The van der Waals surface area contributed by atoms with Crippen LogP contribution >= 0.6 is 0 Å². The number of ether oxygens (including phenoxy) is 6. The second-order valence-corrected chi connectivity index (χ2v) is 17.0. The highest BCUT2D eigenvalue weighted by Crippen LogP contribution is 2.32. The summed E-state index contributed by atoms with van der Waals surface area (Å²) in [5.41, 5.74) is 37.4. The first-order valence-electron chi connectivity index (χ1n) is 23.5. The second-order valence-electron chi connectivity index (χ2n) is 17.0. The predicted octanol–water partition coefficient (Wildman–Crippen LogP) is 8.75. The Morgan fingerprint density at radius 3 is 0.986 bits per heavy atom. The minimum Gasteiger partial charge on any atom is -0.494 e. The highest BCUT2D eigenvalue weighted by molar-refractivity contribution is 5.52. The van der Waals surface area contributed by atoms with Gasteiger partial charge in [0.15, 0.2) is 0 Å². The van der Waals surface area contributed by atoms with Crippen LogP contribution in [0.3, 0.4) is 0 Å². The Morgan fingerprint density at radius 1 is 0.420 bits per heavy atom. The zero-order chi connectivity index (χ0) is 49.2. The van der Waals surface area contributed by atoms with Gasteiger partial charge in [0.05, 0.1) is 109 Å². The van der Waals surface area contributed by atoms with Gasteiger partial charge in [0.25, 0.3) is 0 Å². The van der Waals surface area contributed by atoms with Gasteiger partial charge < -0.3 is 62.8 Å². The quantitative estimate of drug-likeness (QED) is 0.0668. The second kappa shape index (κ2) is 28.6. The van der Waals surface area contributed by atoms with Gasteiger partial charge in [0.1, 0.15) is 34.5 Å². The van der Waals surface area contributed by atoms with E-state index in [4.69, 9.17) is 62.8 Å². The molecule has 6 heterocycles. The molecule has 0 atom stereocenters. The Bertz CT molecular complexity index is 2320. The third-order valence-electron chi connectivity index (χ3n) is 10.9. The van der Waals surface area contributed by atoms with E-state index in [1.807, 2.05) is 32.0 Å². The standard InChI is InChI=1S/C10H14N2O.3C9H12N2O.C8H12N2O.C6H8N2O/c11-9-7-12-6-5-10(9)13-8-3-1-2-4-8;10-8-5-11-4-3-9(8)12-6-7-1-2-7;2*10-8-6-11-5-4-9(8)12-7-2-1-3-7;1-6(2)11-8-3-4-10-5-7(8)9;1-9-6-2-3-8-4-5(6)7/h5-8H,1-4,11H2;3-5,7H,1-2,6,10H2;2*4-7H,1-3,10H2;3-6H,9H2,1-2H3;2-4H,7H2,1H3. The van der Waals surface area contributed by atoms with Crippen molar-refractivity contribution in [1.82, 2.24) is 29.9 Å². The molecule has 370 valence electrons. The fourth-order valence-corrected chi connectivity index (χ4v) is 6.38. The molecule has 69 heavy (non-hydrogen) atoms. The smallest absolute Gasteiger partial charge is 0.145 e. The van der Waals surface area contributed by atoms with Crippen molar-refractivity contribution in [3.8, 4) is 34.5 Å². The van der Waals surface area contributed by atoms with E-state index in [1.165, 1.54) is 38.5 Å². The van der Waals surface area contributed by atoms with Crippen molar-refractivity contribution in [2.45, 2.75) is 115 Å². The van der Waals surface area contributed by atoms with Crippen molar-refractivity contribution >= 4 is 34.1 Å². The maximum absolute atomic E-state index is 5.74. The Hall–Kier alpha value is -7.50. The van der Waals surface area contributed by atoms with Gasteiger partial charge in [0, 0.05) is 73.6 Å². The van der Waals surface area contributed by atoms with Crippen LogP contribution < -0.4 is 62.8 Å². The average Bonchev–Trinajstić information content (AvgIpc) is 4.01. The molecular formula is C51H70N12O6. The largest absolute Gasteiger partial charge is 0.494 e. The summed E-state index contributed by atoms with van der Waals surface area (Å²) in [5, 5.41) is 0. The maximum atomic E-state index is 5.74.